The second-order valence-corrected chi connectivity index (χ2v) is 21.0. The monoisotopic (exact) mass is 970 g/mol. The summed E-state index contributed by atoms with van der Waals surface area (Å²) in [4.78, 5) is 33.9. The SMILES string of the molecule is CC[C@H]1OC(=O)[C@H](C)[C@@H](O[C@H]2C[C@@](C)(OC)[C@@H](OC(C)=O)[C@H](C)O2)[C@@H](C)[C@@H](O[C@@H]2O[C@H](C)C[C@H](N(C)C)[C@H]2O)[C@]2(C)C[C@@H](C)/C(=N\O)[C@H](C)[C@@H](OCC(c3cnc4ccccc4c3)/C=C\O2)[C@]1(C)O. The molecule has 0 radical (unpaired) electrons. The highest BCUT2D eigenvalue weighted by atomic mass is 16.7. The van der Waals surface area contributed by atoms with Gasteiger partial charge in [-0.2, -0.15) is 0 Å². The van der Waals surface area contributed by atoms with Gasteiger partial charge in [0.25, 0.3) is 0 Å². The second-order valence-electron chi connectivity index (χ2n) is 21.0. The quantitative estimate of drug-likeness (QED) is 0.139. The molecule has 5 heterocycles. The van der Waals surface area contributed by atoms with Crippen LogP contribution in [0.1, 0.15) is 113 Å². The van der Waals surface area contributed by atoms with Crippen LogP contribution >= 0.6 is 0 Å². The van der Waals surface area contributed by atoms with Gasteiger partial charge in [-0.1, -0.05) is 51.0 Å². The van der Waals surface area contributed by atoms with Gasteiger partial charge >= 0.3 is 11.9 Å². The van der Waals surface area contributed by atoms with Crippen LogP contribution in [-0.4, -0.2) is 155 Å². The highest BCUT2D eigenvalue weighted by Crippen LogP contribution is 2.44. The van der Waals surface area contributed by atoms with Crippen LogP contribution in [-0.2, 0) is 52.2 Å². The molecule has 1 aromatic heterocycles. The van der Waals surface area contributed by atoms with Crippen LogP contribution < -0.4 is 0 Å². The van der Waals surface area contributed by atoms with E-state index < -0.39 is 114 Å². The minimum Gasteiger partial charge on any atom is -0.493 e. The Bertz CT molecular complexity index is 2120. The molecule has 4 aliphatic rings. The molecule has 1 unspecified atom stereocenters. The maximum absolute atomic E-state index is 14.9. The van der Waals surface area contributed by atoms with Gasteiger partial charge in [-0.3, -0.25) is 14.6 Å². The van der Waals surface area contributed by atoms with Crippen molar-refractivity contribution in [3.05, 3.63) is 54.4 Å². The van der Waals surface area contributed by atoms with Crippen molar-refractivity contribution in [3.8, 4) is 0 Å². The molecule has 0 aliphatic carbocycles. The molecule has 17 heteroatoms. The van der Waals surface area contributed by atoms with Crippen molar-refractivity contribution in [2.45, 2.75) is 192 Å². The summed E-state index contributed by atoms with van der Waals surface area (Å²) >= 11 is 0. The van der Waals surface area contributed by atoms with Crippen molar-refractivity contribution in [1.29, 1.82) is 0 Å². The maximum atomic E-state index is 14.9. The summed E-state index contributed by atoms with van der Waals surface area (Å²) in [5.41, 5.74) is -2.31. The van der Waals surface area contributed by atoms with Gasteiger partial charge in [0.2, 0.25) is 0 Å². The minimum absolute atomic E-state index is 0.0340. The predicted molar refractivity (Wildman–Crippen MR) is 256 cm³/mol. The Kier molecular flexibility index (Phi) is 17.7. The Morgan fingerprint density at radius 1 is 1.00 bits per heavy atom. The molecular formula is C52H79N3O14. The number of carbonyl (C=O) groups excluding carboxylic acids is 2. The Labute approximate surface area is 408 Å². The molecule has 386 valence electrons. The lowest BCUT2D eigenvalue weighted by molar-refractivity contribution is -0.318. The van der Waals surface area contributed by atoms with E-state index in [-0.39, 0.29) is 38.0 Å². The number of benzene rings is 1. The van der Waals surface area contributed by atoms with Gasteiger partial charge in [-0.15, -0.1) is 0 Å². The number of likely N-dealkylation sites (N-methyl/N-ethyl adjacent to an activating group) is 1. The number of para-hydroxylation sites is 1. The third-order valence-corrected chi connectivity index (χ3v) is 15.3. The number of aliphatic hydroxyl groups is 2. The zero-order valence-electron chi connectivity index (χ0n) is 43.1. The summed E-state index contributed by atoms with van der Waals surface area (Å²) in [6.07, 6.45) is -3.01. The molecule has 6 rings (SSSR count). The number of methoxy groups -OCH3 is 1. The molecule has 17 nitrogen and oxygen atoms in total. The normalized spacial score (nSPS) is 42.9. The molecule has 0 amide bonds. The topological polar surface area (TPSA) is 206 Å². The van der Waals surface area contributed by atoms with Crippen molar-refractivity contribution >= 4 is 28.6 Å². The van der Waals surface area contributed by atoms with Crippen molar-refractivity contribution in [2.75, 3.05) is 27.8 Å². The number of hydrogen-bond acceptors (Lipinski definition) is 17. The molecule has 0 saturated carbocycles. The van der Waals surface area contributed by atoms with E-state index in [2.05, 4.69) is 5.16 Å². The van der Waals surface area contributed by atoms with Gasteiger partial charge in [0.1, 0.15) is 35.1 Å². The molecule has 3 N–H and O–H groups in total. The number of fused-ring (bicyclic) bond motifs is 6. The number of pyridine rings is 1. The lowest BCUT2D eigenvalue weighted by Crippen LogP contribution is -2.62. The van der Waals surface area contributed by atoms with E-state index in [0.29, 0.717) is 12.1 Å². The van der Waals surface area contributed by atoms with E-state index in [9.17, 15) is 25.0 Å². The number of esters is 2. The van der Waals surface area contributed by atoms with E-state index >= 15 is 0 Å². The molecule has 2 aromatic rings. The molecule has 3 fully saturated rings. The van der Waals surface area contributed by atoms with Crippen LogP contribution in [0.4, 0.5) is 0 Å². The van der Waals surface area contributed by atoms with Gasteiger partial charge in [0, 0.05) is 61.8 Å². The zero-order valence-corrected chi connectivity index (χ0v) is 43.1. The first-order valence-electron chi connectivity index (χ1n) is 24.6. The van der Waals surface area contributed by atoms with E-state index in [0.717, 1.165) is 16.5 Å². The first kappa shape index (κ1) is 54.6. The third-order valence-electron chi connectivity index (χ3n) is 15.3. The number of rotatable bonds is 9. The lowest BCUT2D eigenvalue weighted by atomic mass is 9.73. The zero-order chi connectivity index (χ0) is 50.7. The summed E-state index contributed by atoms with van der Waals surface area (Å²) in [5.74, 6) is -4.75. The Morgan fingerprint density at radius 3 is 2.36 bits per heavy atom. The average molecular weight is 970 g/mol. The fourth-order valence-electron chi connectivity index (χ4n) is 11.4. The molecule has 0 spiro atoms. The van der Waals surface area contributed by atoms with Crippen LogP contribution in [0.25, 0.3) is 10.9 Å². The highest BCUT2D eigenvalue weighted by Gasteiger charge is 2.55. The van der Waals surface area contributed by atoms with Crippen molar-refractivity contribution < 1.29 is 67.6 Å². The fourth-order valence-corrected chi connectivity index (χ4v) is 11.4. The molecule has 19 atom stereocenters. The Morgan fingerprint density at radius 2 is 1.71 bits per heavy atom. The summed E-state index contributed by atoms with van der Waals surface area (Å²) in [6.45, 7) is 19.5. The van der Waals surface area contributed by atoms with Crippen LogP contribution in [0.5, 0.6) is 0 Å². The van der Waals surface area contributed by atoms with Crippen LogP contribution in [0, 0.1) is 23.7 Å². The van der Waals surface area contributed by atoms with Gasteiger partial charge in [0.05, 0.1) is 54.4 Å². The summed E-state index contributed by atoms with van der Waals surface area (Å²) < 4.78 is 59.2. The van der Waals surface area contributed by atoms with E-state index in [1.807, 2.05) is 104 Å². The molecule has 2 bridgehead atoms. The average Bonchev–Trinajstić information content (AvgIpc) is 3.29. The summed E-state index contributed by atoms with van der Waals surface area (Å²) in [5, 5.41) is 40.7. The van der Waals surface area contributed by atoms with Gasteiger partial charge in [0.15, 0.2) is 18.7 Å². The lowest BCUT2D eigenvalue weighted by Gasteiger charge is -2.50. The van der Waals surface area contributed by atoms with Gasteiger partial charge in [-0.05, 0) is 98.7 Å². The van der Waals surface area contributed by atoms with Crippen molar-refractivity contribution in [3.63, 3.8) is 0 Å². The Hall–Kier alpha value is -3.78. The number of ether oxygens (including phenoxy) is 9. The number of hydrogen-bond donors (Lipinski definition) is 3. The standard InChI is InChI=1S/C52H79N3O14/c1-15-40-52(11,59)46-30(4)42(54-60)28(2)24-51(10,63-21-20-36(27-62-46)37-23-35-18-16-17-19-38(35)53-26-37)45(69-49-43(57)39(55(12)13)22-29(3)64-49)31(5)44(32(6)48(58)67-40)68-41-25-50(9,61-14)47(33(7)65-41)66-34(8)56/h16-21,23,26,28-33,36,39-41,43-47,49,57,59-60H,15,22,24-25,27H2,1-14H3/b21-20-,54-42+/t28-,29-,30+,31-,32-,33+,36?,39+,40-,41+,43-,44+,45-,46-,47+,49+,50-,51+,52-/m1/s1. The number of aliphatic hydroxyl groups excluding tert-OH is 1. The van der Waals surface area contributed by atoms with Crippen LogP contribution in [0.3, 0.4) is 0 Å². The van der Waals surface area contributed by atoms with Gasteiger partial charge in [-0.25, -0.2) is 0 Å². The first-order valence-corrected chi connectivity index (χ1v) is 24.6. The molecule has 1 aromatic carbocycles. The number of oxime groups is 1. The van der Waals surface area contributed by atoms with Crippen molar-refractivity contribution in [2.24, 2.45) is 28.8 Å². The third kappa shape index (κ3) is 11.8. The highest BCUT2D eigenvalue weighted by molar-refractivity contribution is 5.88. The smallest absolute Gasteiger partial charge is 0.311 e. The van der Waals surface area contributed by atoms with E-state index in [1.54, 1.807) is 33.2 Å². The number of carbonyl (C=O) groups is 2. The number of aromatic nitrogens is 1. The summed E-state index contributed by atoms with van der Waals surface area (Å²) in [7, 11) is 5.33. The van der Waals surface area contributed by atoms with Crippen LogP contribution in [0.15, 0.2) is 54.0 Å². The van der Waals surface area contributed by atoms with Gasteiger partial charge < -0.3 is 63.0 Å². The number of cyclic esters (lactones) is 1. The molecule has 3 saturated heterocycles. The largest absolute Gasteiger partial charge is 0.493 e. The maximum Gasteiger partial charge on any atom is 0.311 e. The first-order chi connectivity index (χ1) is 32.5. The number of nitrogens with zero attached hydrogens (tertiary/aromatic N) is 3. The van der Waals surface area contributed by atoms with Crippen LogP contribution in [0.2, 0.25) is 0 Å². The minimum atomic E-state index is -1.83. The van der Waals surface area contributed by atoms with Crippen molar-refractivity contribution in [1.82, 2.24) is 9.88 Å². The fraction of sp³-hybridized carbons (Fsp3) is 0.731. The summed E-state index contributed by atoms with van der Waals surface area (Å²) in [6, 6.07) is 9.51. The van der Waals surface area contributed by atoms with E-state index in [1.165, 1.54) is 14.0 Å². The predicted octanol–water partition coefficient (Wildman–Crippen LogP) is 6.53. The molecular weight excluding hydrogens is 891 g/mol. The molecule has 4 aliphatic heterocycles. The molecule has 69 heavy (non-hydrogen) atoms. The second kappa shape index (κ2) is 22.3. The Balaban J connectivity index is 1.57. The van der Waals surface area contributed by atoms with E-state index in [4.69, 9.17) is 47.6 Å².